The van der Waals surface area contributed by atoms with E-state index < -0.39 is 23.5 Å². The van der Waals surface area contributed by atoms with E-state index in [4.69, 9.17) is 18.6 Å². The van der Waals surface area contributed by atoms with Crippen LogP contribution in [0, 0.1) is 0 Å². The summed E-state index contributed by atoms with van der Waals surface area (Å²) in [6.07, 6.45) is 6.02. The van der Waals surface area contributed by atoms with Crippen LogP contribution in [0.2, 0.25) is 0 Å². The van der Waals surface area contributed by atoms with Crippen LogP contribution >= 0.6 is 0 Å². The van der Waals surface area contributed by atoms with Crippen LogP contribution in [0.4, 0.5) is 0 Å². The quantitative estimate of drug-likeness (QED) is 0.254. The zero-order valence-electron chi connectivity index (χ0n) is 21.2. The van der Waals surface area contributed by atoms with Gasteiger partial charge in [0.1, 0.15) is 23.9 Å². The Hall–Kier alpha value is -4.73. The Morgan fingerprint density at radius 3 is 2.63 bits per heavy atom. The maximum atomic E-state index is 13.9. The molecule has 3 heterocycles. The van der Waals surface area contributed by atoms with Crippen molar-refractivity contribution in [2.24, 2.45) is 0 Å². The lowest BCUT2D eigenvalue weighted by atomic mass is 9.94. The van der Waals surface area contributed by atoms with Gasteiger partial charge in [0, 0.05) is 29.5 Å². The summed E-state index contributed by atoms with van der Waals surface area (Å²) < 4.78 is 24.1. The number of imidazole rings is 1. The number of H-pyrrole nitrogens is 1. The smallest absolute Gasteiger partial charge is 0.241 e. The highest BCUT2D eigenvalue weighted by Gasteiger charge is 2.41. The van der Waals surface area contributed by atoms with Crippen LogP contribution in [-0.2, 0) is 11.3 Å². The average Bonchev–Trinajstić information content (AvgIpc) is 3.67. The number of amides is 1. The molecule has 5 rings (SSSR count). The Balaban J connectivity index is 1.58. The second-order valence-electron chi connectivity index (χ2n) is 8.77. The molecule has 1 amide bonds. The van der Waals surface area contributed by atoms with Gasteiger partial charge in [-0.25, -0.2) is 4.57 Å². The lowest BCUT2D eigenvalue weighted by molar-refractivity contribution is -0.695. The molecule has 1 N–H and O–H groups in total. The molecule has 2 aromatic carbocycles. The molecule has 4 aromatic rings. The lowest BCUT2D eigenvalue weighted by Gasteiger charge is -2.28. The molecule has 10 nitrogen and oxygen atoms in total. The van der Waals surface area contributed by atoms with E-state index in [0.717, 1.165) is 0 Å². The maximum absolute atomic E-state index is 13.9. The van der Waals surface area contributed by atoms with Crippen LogP contribution in [0.1, 0.15) is 28.6 Å². The predicted octanol–water partition coefficient (Wildman–Crippen LogP) is 2.55. The first kappa shape index (κ1) is 24.9. The number of methoxy groups -OCH3 is 3. The number of hydrogen-bond acceptors (Lipinski definition) is 7. The summed E-state index contributed by atoms with van der Waals surface area (Å²) in [7, 11) is 4.51. The monoisotopic (exact) mass is 517 g/mol. The van der Waals surface area contributed by atoms with Gasteiger partial charge in [-0.2, -0.15) is 0 Å². The third-order valence-corrected chi connectivity index (χ3v) is 6.63. The van der Waals surface area contributed by atoms with Crippen molar-refractivity contribution in [3.8, 4) is 17.2 Å². The molecule has 0 fully saturated rings. The minimum atomic E-state index is -0.987. The highest BCUT2D eigenvalue weighted by molar-refractivity contribution is 6.16. The van der Waals surface area contributed by atoms with Crippen molar-refractivity contribution in [2.45, 2.75) is 19.0 Å². The van der Waals surface area contributed by atoms with Crippen LogP contribution < -0.4 is 23.9 Å². The van der Waals surface area contributed by atoms with Crippen LogP contribution in [-0.4, -0.2) is 49.4 Å². The number of Topliss-reactive ketones (excluding diaryl/α,β-unsaturated/α-hetero) is 1. The normalized spacial score (nSPS) is 15.4. The van der Waals surface area contributed by atoms with Gasteiger partial charge < -0.3 is 28.6 Å². The van der Waals surface area contributed by atoms with E-state index in [1.54, 1.807) is 55.0 Å². The van der Waals surface area contributed by atoms with Crippen molar-refractivity contribution in [2.75, 3.05) is 27.9 Å². The molecule has 0 spiro atoms. The van der Waals surface area contributed by atoms with Gasteiger partial charge in [-0.05, 0) is 36.1 Å². The summed E-state index contributed by atoms with van der Waals surface area (Å²) in [4.78, 5) is 31.6. The molecule has 0 saturated carbocycles. The number of aromatic amines is 1. The Kier molecular flexibility index (Phi) is 6.78. The first-order chi connectivity index (χ1) is 18.5. The number of para-hydroxylation sites is 1. The SMILES string of the molecule is COc1ccc(OC)c(C2C(C(=O)c3cc4cccc(OC)c4o3)=C([O-])C(=O)N2CCC[n+]2cc[nH]c2)c1. The Labute approximate surface area is 218 Å². The molecule has 0 aliphatic carbocycles. The molecule has 1 aliphatic rings. The number of furan rings is 1. The molecule has 0 saturated heterocycles. The summed E-state index contributed by atoms with van der Waals surface area (Å²) in [5, 5.41) is 14.0. The third kappa shape index (κ3) is 4.34. The van der Waals surface area contributed by atoms with Gasteiger partial charge in [0.2, 0.25) is 18.0 Å². The molecule has 0 bridgehead atoms. The fourth-order valence-electron chi connectivity index (χ4n) is 4.80. The summed E-state index contributed by atoms with van der Waals surface area (Å²) in [6, 6.07) is 10.9. The van der Waals surface area contributed by atoms with E-state index >= 15 is 0 Å². The topological polar surface area (TPSA) is 121 Å². The zero-order chi connectivity index (χ0) is 26.8. The van der Waals surface area contributed by atoms with E-state index in [-0.39, 0.29) is 17.9 Å². The van der Waals surface area contributed by atoms with Gasteiger partial charge in [-0.15, -0.1) is 0 Å². The van der Waals surface area contributed by atoms with Crippen LogP contribution in [0.5, 0.6) is 17.2 Å². The Morgan fingerprint density at radius 1 is 1.11 bits per heavy atom. The largest absolute Gasteiger partial charge is 0.868 e. The Bertz CT molecular complexity index is 1520. The maximum Gasteiger partial charge on any atom is 0.241 e. The lowest BCUT2D eigenvalue weighted by Crippen LogP contribution is -2.37. The fourth-order valence-corrected chi connectivity index (χ4v) is 4.80. The van der Waals surface area contributed by atoms with E-state index in [1.165, 1.54) is 26.2 Å². The molecule has 10 heteroatoms. The summed E-state index contributed by atoms with van der Waals surface area (Å²) >= 11 is 0. The van der Waals surface area contributed by atoms with Crippen LogP contribution in [0.3, 0.4) is 0 Å². The number of rotatable bonds is 10. The fraction of sp³-hybridized carbons (Fsp3) is 0.250. The van der Waals surface area contributed by atoms with Gasteiger partial charge >= 0.3 is 0 Å². The van der Waals surface area contributed by atoms with Crippen LogP contribution in [0.25, 0.3) is 11.0 Å². The molecule has 2 aromatic heterocycles. The van der Waals surface area contributed by atoms with E-state index in [1.807, 2.05) is 10.8 Å². The second-order valence-corrected chi connectivity index (χ2v) is 8.77. The number of ether oxygens (including phenoxy) is 3. The van der Waals surface area contributed by atoms with Gasteiger partial charge in [0.05, 0.1) is 33.9 Å². The van der Waals surface area contributed by atoms with E-state index in [0.29, 0.717) is 46.7 Å². The number of benzene rings is 2. The first-order valence-electron chi connectivity index (χ1n) is 12.0. The van der Waals surface area contributed by atoms with Gasteiger partial charge in [-0.3, -0.25) is 14.6 Å². The third-order valence-electron chi connectivity index (χ3n) is 6.63. The molecule has 38 heavy (non-hydrogen) atoms. The van der Waals surface area contributed by atoms with Crippen molar-refractivity contribution in [1.82, 2.24) is 9.88 Å². The number of aromatic nitrogens is 2. The van der Waals surface area contributed by atoms with Crippen molar-refractivity contribution < 1.29 is 37.9 Å². The van der Waals surface area contributed by atoms with Gasteiger partial charge in [0.25, 0.3) is 0 Å². The Morgan fingerprint density at radius 2 is 1.92 bits per heavy atom. The van der Waals surface area contributed by atoms with Gasteiger partial charge in [0.15, 0.2) is 17.1 Å². The van der Waals surface area contributed by atoms with E-state index in [9.17, 15) is 14.7 Å². The van der Waals surface area contributed by atoms with Crippen molar-refractivity contribution in [3.63, 3.8) is 0 Å². The number of nitrogens with zero attached hydrogens (tertiary/aromatic N) is 2. The van der Waals surface area contributed by atoms with Crippen molar-refractivity contribution in [3.05, 3.63) is 83.8 Å². The predicted molar refractivity (Wildman–Crippen MR) is 134 cm³/mol. The molecule has 1 atom stereocenters. The number of nitrogens with one attached hydrogen (secondary N) is 1. The van der Waals surface area contributed by atoms with Crippen molar-refractivity contribution in [1.29, 1.82) is 0 Å². The minimum Gasteiger partial charge on any atom is -0.868 e. The number of fused-ring (bicyclic) bond motifs is 1. The molecule has 1 unspecified atom stereocenters. The average molecular weight is 518 g/mol. The standard InChI is InChI=1S/C28H27N3O7/c1-35-18-8-9-20(36-2)19(15-18)24-23(25(32)22-14-17-6-4-7-21(37-3)27(17)38-22)26(33)28(34)31(24)12-5-11-30-13-10-29-16-30/h4,6-10,13-16,24H,5,11-12H2,1-3H3,(H,32,33). The number of ketones is 1. The number of aryl methyl sites for hydroxylation is 1. The second kappa shape index (κ2) is 10.3. The number of carbonyl (C=O) groups is 2. The van der Waals surface area contributed by atoms with Gasteiger partial charge in [-0.1, -0.05) is 12.1 Å². The van der Waals surface area contributed by atoms with Crippen molar-refractivity contribution >= 4 is 22.7 Å². The first-order valence-corrected chi connectivity index (χ1v) is 12.0. The molecule has 1 aliphatic heterocycles. The highest BCUT2D eigenvalue weighted by atomic mass is 16.5. The molecular weight excluding hydrogens is 490 g/mol. The van der Waals surface area contributed by atoms with E-state index in [2.05, 4.69) is 4.98 Å². The molecule has 0 radical (unpaired) electrons. The summed E-state index contributed by atoms with van der Waals surface area (Å²) in [5.74, 6) is -0.982. The number of hydrogen-bond donors (Lipinski definition) is 1. The zero-order valence-corrected chi connectivity index (χ0v) is 21.2. The molecule has 196 valence electrons. The molecular formula is C28H27N3O7. The highest BCUT2D eigenvalue weighted by Crippen LogP contribution is 2.43. The number of carbonyl (C=O) groups excluding carboxylic acids is 2. The minimum absolute atomic E-state index is 0.0581. The summed E-state index contributed by atoms with van der Waals surface area (Å²) in [6.45, 7) is 0.842. The summed E-state index contributed by atoms with van der Waals surface area (Å²) in [5.41, 5.74) is 0.651. The van der Waals surface area contributed by atoms with Crippen LogP contribution in [0.15, 0.2) is 76.9 Å².